The highest BCUT2D eigenvalue weighted by Crippen LogP contribution is 2.44. The van der Waals surface area contributed by atoms with Gasteiger partial charge < -0.3 is 10.4 Å². The van der Waals surface area contributed by atoms with Crippen molar-refractivity contribution in [2.75, 3.05) is 18.4 Å². The highest BCUT2D eigenvalue weighted by molar-refractivity contribution is 7.99. The Balaban J connectivity index is 1.34. The first-order valence-corrected chi connectivity index (χ1v) is 10.6. The number of hydrogen-bond donors (Lipinski definition) is 2. The van der Waals surface area contributed by atoms with Crippen LogP contribution in [0.3, 0.4) is 0 Å². The molecule has 29 heavy (non-hydrogen) atoms. The van der Waals surface area contributed by atoms with Crippen LogP contribution in [0.15, 0.2) is 51.9 Å². The standard InChI is InChI=1S/C21H21FN4O2S/c22-18(21(27)28)17-13-2-1-3-14(17)11-26(10-13)9-12-4-5-16-15(8-12)25-19-20(29-16)24-7-6-23-19/h4-8,13-14H,1-3,9-11H2,(H,23,25)(H,27,28). The van der Waals surface area contributed by atoms with E-state index in [2.05, 4.69) is 38.4 Å². The molecule has 2 bridgehead atoms. The number of piperidine rings is 1. The summed E-state index contributed by atoms with van der Waals surface area (Å²) in [6.07, 6.45) is 6.13. The van der Waals surface area contributed by atoms with Crippen molar-refractivity contribution in [2.24, 2.45) is 11.8 Å². The van der Waals surface area contributed by atoms with Crippen LogP contribution in [0.4, 0.5) is 15.9 Å². The Hall–Kier alpha value is -2.45. The Morgan fingerprint density at radius 2 is 2.00 bits per heavy atom. The lowest BCUT2D eigenvalue weighted by Gasteiger charge is -2.43. The molecule has 1 saturated heterocycles. The summed E-state index contributed by atoms with van der Waals surface area (Å²) in [6.45, 7) is 2.18. The third-order valence-corrected chi connectivity index (χ3v) is 7.03. The first kappa shape index (κ1) is 18.6. The largest absolute Gasteiger partial charge is 0.476 e. The van der Waals surface area contributed by atoms with Gasteiger partial charge in [-0.25, -0.2) is 14.8 Å². The van der Waals surface area contributed by atoms with Crippen molar-refractivity contribution in [3.05, 3.63) is 47.6 Å². The molecule has 2 aromatic rings. The lowest BCUT2D eigenvalue weighted by Crippen LogP contribution is -2.44. The minimum atomic E-state index is -1.42. The average Bonchev–Trinajstić information content (AvgIpc) is 2.71. The molecule has 0 amide bonds. The number of benzene rings is 1. The zero-order valence-electron chi connectivity index (χ0n) is 15.8. The number of nitrogens with zero attached hydrogens (tertiary/aromatic N) is 3. The number of nitrogens with one attached hydrogen (secondary N) is 1. The fourth-order valence-corrected chi connectivity index (χ4v) is 5.66. The summed E-state index contributed by atoms with van der Waals surface area (Å²) >= 11 is 1.60. The molecule has 3 aliphatic rings. The number of carbonyl (C=O) groups is 1. The maximum Gasteiger partial charge on any atom is 0.364 e. The molecule has 0 radical (unpaired) electrons. The van der Waals surface area contributed by atoms with Crippen molar-refractivity contribution in [1.29, 1.82) is 0 Å². The van der Waals surface area contributed by atoms with Crippen molar-refractivity contribution < 1.29 is 14.3 Å². The van der Waals surface area contributed by atoms with E-state index in [-0.39, 0.29) is 11.8 Å². The Bertz CT molecular complexity index is 996. The maximum absolute atomic E-state index is 14.2. The van der Waals surface area contributed by atoms with Crippen molar-refractivity contribution in [1.82, 2.24) is 14.9 Å². The van der Waals surface area contributed by atoms with E-state index in [1.54, 1.807) is 24.2 Å². The van der Waals surface area contributed by atoms with Crippen molar-refractivity contribution in [3.8, 4) is 0 Å². The summed E-state index contributed by atoms with van der Waals surface area (Å²) in [6, 6.07) is 6.35. The number of carboxylic acid groups (broad SMARTS) is 1. The molecule has 5 rings (SSSR count). The van der Waals surface area contributed by atoms with Crippen LogP contribution < -0.4 is 5.32 Å². The second-order valence-corrected chi connectivity index (χ2v) is 8.89. The highest BCUT2D eigenvalue weighted by atomic mass is 32.2. The summed E-state index contributed by atoms with van der Waals surface area (Å²) in [4.78, 5) is 23.3. The Kier molecular flexibility index (Phi) is 4.75. The second kappa shape index (κ2) is 7.42. The smallest absolute Gasteiger partial charge is 0.364 e. The molecular formula is C21H21FN4O2S. The van der Waals surface area contributed by atoms with E-state index in [1.807, 2.05) is 0 Å². The maximum atomic E-state index is 14.2. The van der Waals surface area contributed by atoms with Gasteiger partial charge in [-0.1, -0.05) is 24.2 Å². The van der Waals surface area contributed by atoms with Crippen LogP contribution in [0.1, 0.15) is 24.8 Å². The number of aliphatic carboxylic acids is 1. The molecule has 8 heteroatoms. The van der Waals surface area contributed by atoms with Gasteiger partial charge >= 0.3 is 5.97 Å². The molecular weight excluding hydrogens is 391 g/mol. The van der Waals surface area contributed by atoms with Crippen molar-refractivity contribution in [3.63, 3.8) is 0 Å². The number of rotatable bonds is 3. The van der Waals surface area contributed by atoms with E-state index in [9.17, 15) is 9.18 Å². The fraction of sp³-hybridized carbons (Fsp3) is 0.381. The van der Waals surface area contributed by atoms with Crippen LogP contribution in [-0.4, -0.2) is 39.0 Å². The molecule has 3 heterocycles. The number of anilines is 2. The van der Waals surface area contributed by atoms with E-state index in [1.165, 1.54) is 5.56 Å². The molecule has 2 N–H and O–H groups in total. The minimum Gasteiger partial charge on any atom is -0.476 e. The van der Waals surface area contributed by atoms with Gasteiger partial charge in [0.2, 0.25) is 5.83 Å². The Labute approximate surface area is 172 Å². The average molecular weight is 412 g/mol. The summed E-state index contributed by atoms with van der Waals surface area (Å²) in [5.41, 5.74) is 2.74. The molecule has 2 fully saturated rings. The number of halogens is 1. The SMILES string of the molecule is O=C(O)C(F)=C1C2CCCC1CN(Cc1ccc3c(c1)Nc1nccnc1S3)C2. The molecule has 150 valence electrons. The van der Waals surface area contributed by atoms with E-state index in [0.29, 0.717) is 18.7 Å². The van der Waals surface area contributed by atoms with Gasteiger partial charge in [-0.05, 0) is 47.9 Å². The minimum absolute atomic E-state index is 0.00654. The van der Waals surface area contributed by atoms with Gasteiger partial charge in [-0.3, -0.25) is 4.90 Å². The Morgan fingerprint density at radius 1 is 1.24 bits per heavy atom. The zero-order chi connectivity index (χ0) is 20.0. The number of fused-ring (bicyclic) bond motifs is 4. The molecule has 6 nitrogen and oxygen atoms in total. The van der Waals surface area contributed by atoms with Crippen LogP contribution in [0.25, 0.3) is 0 Å². The highest BCUT2D eigenvalue weighted by Gasteiger charge is 2.38. The predicted molar refractivity (Wildman–Crippen MR) is 108 cm³/mol. The summed E-state index contributed by atoms with van der Waals surface area (Å²) < 4.78 is 14.2. The normalized spacial score (nSPS) is 23.0. The van der Waals surface area contributed by atoms with Crippen molar-refractivity contribution >= 4 is 29.2 Å². The summed E-state index contributed by atoms with van der Waals surface area (Å²) in [5.74, 6) is -1.56. The Morgan fingerprint density at radius 3 is 2.76 bits per heavy atom. The first-order chi connectivity index (χ1) is 14.1. The molecule has 1 aliphatic carbocycles. The molecule has 2 unspecified atom stereocenters. The number of aromatic nitrogens is 2. The van der Waals surface area contributed by atoms with Gasteiger partial charge in [-0.15, -0.1) is 0 Å². The van der Waals surface area contributed by atoms with Crippen LogP contribution >= 0.6 is 11.8 Å². The first-order valence-electron chi connectivity index (χ1n) is 9.82. The van der Waals surface area contributed by atoms with E-state index in [0.717, 1.165) is 47.2 Å². The predicted octanol–water partition coefficient (Wildman–Crippen LogP) is 4.22. The van der Waals surface area contributed by atoms with Crippen LogP contribution in [0.2, 0.25) is 0 Å². The van der Waals surface area contributed by atoms with E-state index < -0.39 is 11.8 Å². The fourth-order valence-electron chi connectivity index (χ4n) is 4.78. The topological polar surface area (TPSA) is 78.4 Å². The molecule has 0 spiro atoms. The van der Waals surface area contributed by atoms with Crippen molar-refractivity contribution in [2.45, 2.75) is 35.7 Å². The molecule has 1 aromatic carbocycles. The van der Waals surface area contributed by atoms with Crippen LogP contribution in [-0.2, 0) is 11.3 Å². The van der Waals surface area contributed by atoms with Crippen LogP contribution in [0.5, 0.6) is 0 Å². The molecule has 2 atom stereocenters. The number of carboxylic acids is 1. The third-order valence-electron chi connectivity index (χ3n) is 5.96. The lowest BCUT2D eigenvalue weighted by molar-refractivity contribution is -0.134. The van der Waals surface area contributed by atoms with Gasteiger partial charge in [0, 0.05) is 36.9 Å². The molecule has 1 saturated carbocycles. The van der Waals surface area contributed by atoms with Gasteiger partial charge in [0.1, 0.15) is 5.03 Å². The number of likely N-dealkylation sites (tertiary alicyclic amines) is 1. The second-order valence-electron chi connectivity index (χ2n) is 7.86. The van der Waals surface area contributed by atoms with E-state index >= 15 is 0 Å². The molecule has 1 aromatic heterocycles. The van der Waals surface area contributed by atoms with Gasteiger partial charge in [0.25, 0.3) is 0 Å². The van der Waals surface area contributed by atoms with Crippen LogP contribution in [0, 0.1) is 11.8 Å². The number of hydrogen-bond acceptors (Lipinski definition) is 6. The van der Waals surface area contributed by atoms with E-state index in [4.69, 9.17) is 5.11 Å². The third kappa shape index (κ3) is 3.51. The van der Waals surface area contributed by atoms with Gasteiger partial charge in [0.15, 0.2) is 5.82 Å². The summed E-state index contributed by atoms with van der Waals surface area (Å²) in [5, 5.41) is 13.3. The van der Waals surface area contributed by atoms with Gasteiger partial charge in [-0.2, -0.15) is 4.39 Å². The monoisotopic (exact) mass is 412 g/mol. The quantitative estimate of drug-likeness (QED) is 0.624. The lowest BCUT2D eigenvalue weighted by atomic mass is 9.73. The van der Waals surface area contributed by atoms with Gasteiger partial charge in [0.05, 0.1) is 5.69 Å². The zero-order valence-corrected chi connectivity index (χ0v) is 16.6. The molecule has 2 aliphatic heterocycles. The summed E-state index contributed by atoms with van der Waals surface area (Å²) in [7, 11) is 0.